The zero-order valence-corrected chi connectivity index (χ0v) is 27.0. The number of nitrogens with zero attached hydrogens (tertiary/aromatic N) is 5. The molecule has 6 rings (SSSR count). The number of esters is 1. The van der Waals surface area contributed by atoms with Gasteiger partial charge in [0.15, 0.2) is 11.2 Å². The second-order valence-corrected chi connectivity index (χ2v) is 12.3. The molecule has 12 nitrogen and oxygen atoms in total. The Bertz CT molecular complexity index is 1860. The molecule has 0 saturated carbocycles. The molecule has 4 heterocycles. The van der Waals surface area contributed by atoms with Crippen LogP contribution in [0.25, 0.3) is 6.08 Å². The van der Waals surface area contributed by atoms with Gasteiger partial charge in [0, 0.05) is 29.7 Å². The molecule has 1 fully saturated rings. The van der Waals surface area contributed by atoms with Crippen molar-refractivity contribution in [1.29, 1.82) is 0 Å². The van der Waals surface area contributed by atoms with Crippen LogP contribution in [0.1, 0.15) is 28.6 Å². The molecular formula is C34H29N7O5S2. The standard InChI is InChI=1S/C34H29N7O5S2/c1-2-18-45-39-25(29-38-34(35)48-40-29)30(42)37-26-31(43)41-27(24(20-47-32(26)41)16-15-21-10-9-17-36-19-21)33(44)46-28(22-11-5-3-6-12-22)23-13-7-4-8-14-23/h2-17,19,26,28,32H,1,18,20H2,(H,37,42)(H2,35,38,40)/b16-15+,39-25-/t26?,32-/m1/s1. The number of ether oxygens (including phenoxy) is 1. The van der Waals surface area contributed by atoms with Crippen LogP contribution in [0.4, 0.5) is 5.13 Å². The molecule has 1 saturated heterocycles. The van der Waals surface area contributed by atoms with E-state index in [1.807, 2.05) is 72.8 Å². The van der Waals surface area contributed by atoms with E-state index in [2.05, 4.69) is 31.4 Å². The Balaban J connectivity index is 1.30. The Morgan fingerprint density at radius 1 is 1.08 bits per heavy atom. The lowest BCUT2D eigenvalue weighted by atomic mass is 10.00. The van der Waals surface area contributed by atoms with Gasteiger partial charge in [-0.15, -0.1) is 11.8 Å². The Hall–Kier alpha value is -5.60. The Morgan fingerprint density at radius 3 is 2.44 bits per heavy atom. The van der Waals surface area contributed by atoms with Crippen molar-refractivity contribution in [3.8, 4) is 0 Å². The number of nitrogen functional groups attached to an aromatic ring is 1. The molecule has 1 unspecified atom stereocenters. The van der Waals surface area contributed by atoms with Crippen molar-refractivity contribution in [3.63, 3.8) is 0 Å². The van der Waals surface area contributed by atoms with Crippen LogP contribution < -0.4 is 11.1 Å². The molecule has 2 aromatic carbocycles. The third kappa shape index (κ3) is 7.04. The second-order valence-electron chi connectivity index (χ2n) is 10.4. The molecule has 0 bridgehead atoms. The summed E-state index contributed by atoms with van der Waals surface area (Å²) in [5, 5.41) is 6.12. The molecule has 0 aliphatic carbocycles. The minimum Gasteiger partial charge on any atom is -0.448 e. The van der Waals surface area contributed by atoms with E-state index in [9.17, 15) is 14.4 Å². The van der Waals surface area contributed by atoms with E-state index in [4.69, 9.17) is 15.3 Å². The predicted molar refractivity (Wildman–Crippen MR) is 183 cm³/mol. The molecule has 242 valence electrons. The van der Waals surface area contributed by atoms with Crippen molar-refractivity contribution >= 4 is 58.0 Å². The number of thioether (sulfide) groups is 1. The highest BCUT2D eigenvalue weighted by Crippen LogP contribution is 2.42. The number of nitrogens with one attached hydrogen (secondary N) is 1. The molecule has 3 N–H and O–H groups in total. The van der Waals surface area contributed by atoms with Crippen LogP contribution in [-0.4, -0.2) is 66.5 Å². The molecule has 14 heteroatoms. The number of amides is 2. The summed E-state index contributed by atoms with van der Waals surface area (Å²) in [5.74, 6) is -1.59. The normalized spacial score (nSPS) is 17.6. The fourth-order valence-corrected chi connectivity index (χ4v) is 6.81. The van der Waals surface area contributed by atoms with E-state index >= 15 is 0 Å². The molecule has 2 aliphatic heterocycles. The lowest BCUT2D eigenvalue weighted by molar-refractivity contribution is -0.154. The maximum atomic E-state index is 14.2. The number of rotatable bonds is 12. The van der Waals surface area contributed by atoms with Crippen LogP contribution in [0, 0.1) is 0 Å². The second kappa shape index (κ2) is 14.9. The number of hydrogen-bond donors (Lipinski definition) is 2. The number of hydrogen-bond acceptors (Lipinski definition) is 12. The van der Waals surface area contributed by atoms with Gasteiger partial charge in [-0.3, -0.25) is 19.5 Å². The van der Waals surface area contributed by atoms with E-state index in [0.29, 0.717) is 11.3 Å². The summed E-state index contributed by atoms with van der Waals surface area (Å²) >= 11 is 2.29. The molecule has 0 radical (unpaired) electrons. The maximum absolute atomic E-state index is 14.2. The highest BCUT2D eigenvalue weighted by molar-refractivity contribution is 8.00. The summed E-state index contributed by atoms with van der Waals surface area (Å²) in [6.45, 7) is 3.60. The summed E-state index contributed by atoms with van der Waals surface area (Å²) < 4.78 is 10.3. The zero-order valence-electron chi connectivity index (χ0n) is 25.3. The first-order valence-corrected chi connectivity index (χ1v) is 16.5. The lowest BCUT2D eigenvalue weighted by Gasteiger charge is -2.49. The SMILES string of the molecule is C=CCO/N=C(\C(=O)NC1C(=O)N2C(C(=O)OC(c3ccccc3)c3ccccc3)=C(/C=C/c3cccnc3)CS[C@H]12)c1nsc(N)n1. The summed E-state index contributed by atoms with van der Waals surface area (Å²) in [5.41, 5.74) is 8.53. The monoisotopic (exact) mass is 679 g/mol. The maximum Gasteiger partial charge on any atom is 0.356 e. The fourth-order valence-electron chi connectivity index (χ4n) is 5.06. The van der Waals surface area contributed by atoms with Gasteiger partial charge in [0.1, 0.15) is 23.7 Å². The van der Waals surface area contributed by atoms with Gasteiger partial charge in [-0.1, -0.05) is 96.7 Å². The van der Waals surface area contributed by atoms with Crippen molar-refractivity contribution in [2.24, 2.45) is 5.16 Å². The van der Waals surface area contributed by atoms with E-state index < -0.39 is 35.3 Å². The van der Waals surface area contributed by atoms with Crippen LogP contribution in [0.15, 0.2) is 120 Å². The van der Waals surface area contributed by atoms with E-state index in [-0.39, 0.29) is 29.0 Å². The van der Waals surface area contributed by atoms with Crippen LogP contribution in [0.5, 0.6) is 0 Å². The highest BCUT2D eigenvalue weighted by atomic mass is 32.2. The Labute approximate surface area is 284 Å². The number of benzene rings is 2. The number of oxime groups is 1. The number of fused-ring (bicyclic) bond motifs is 1. The van der Waals surface area contributed by atoms with Gasteiger partial charge in [0.05, 0.1) is 0 Å². The van der Waals surface area contributed by atoms with Crippen LogP contribution in [0.2, 0.25) is 0 Å². The number of aromatic nitrogens is 3. The third-order valence-electron chi connectivity index (χ3n) is 7.29. The van der Waals surface area contributed by atoms with Crippen molar-refractivity contribution < 1.29 is 24.0 Å². The summed E-state index contributed by atoms with van der Waals surface area (Å²) in [6.07, 6.45) is 7.70. The number of allylic oxidation sites excluding steroid dienone is 1. The van der Waals surface area contributed by atoms with Gasteiger partial charge in [-0.05, 0) is 28.3 Å². The molecule has 2 aromatic heterocycles. The minimum absolute atomic E-state index is 0.0313. The smallest absolute Gasteiger partial charge is 0.356 e. The number of anilines is 1. The number of carbonyl (C=O) groups is 3. The van der Waals surface area contributed by atoms with Gasteiger partial charge in [-0.2, -0.15) is 9.36 Å². The Morgan fingerprint density at radius 2 is 1.81 bits per heavy atom. The zero-order chi connectivity index (χ0) is 33.5. The molecule has 4 aromatic rings. The number of β-lactam (4-membered cyclic amide) rings is 1. The van der Waals surface area contributed by atoms with Crippen LogP contribution >= 0.6 is 23.3 Å². The van der Waals surface area contributed by atoms with Crippen LogP contribution in [0.3, 0.4) is 0 Å². The van der Waals surface area contributed by atoms with E-state index in [0.717, 1.165) is 28.2 Å². The van der Waals surface area contributed by atoms with Crippen molar-refractivity contribution in [2.75, 3.05) is 18.1 Å². The molecule has 2 aliphatic rings. The van der Waals surface area contributed by atoms with Crippen molar-refractivity contribution in [3.05, 3.63) is 138 Å². The third-order valence-corrected chi connectivity index (χ3v) is 9.13. The predicted octanol–water partition coefficient (Wildman–Crippen LogP) is 4.12. The largest absolute Gasteiger partial charge is 0.448 e. The van der Waals surface area contributed by atoms with Gasteiger partial charge in [0.2, 0.25) is 11.5 Å². The quantitative estimate of drug-likeness (QED) is 0.0556. The van der Waals surface area contributed by atoms with E-state index in [1.165, 1.54) is 22.7 Å². The summed E-state index contributed by atoms with van der Waals surface area (Å²) in [6, 6.07) is 21.5. The average Bonchev–Trinajstić information content (AvgIpc) is 3.56. The van der Waals surface area contributed by atoms with Crippen molar-refractivity contribution in [1.82, 2.24) is 24.6 Å². The van der Waals surface area contributed by atoms with E-state index in [1.54, 1.807) is 24.5 Å². The highest BCUT2D eigenvalue weighted by Gasteiger charge is 2.54. The number of pyridine rings is 1. The van der Waals surface area contributed by atoms with Crippen molar-refractivity contribution in [2.45, 2.75) is 17.5 Å². The molecule has 2 atom stereocenters. The molecular weight excluding hydrogens is 651 g/mol. The first-order chi connectivity index (χ1) is 23.4. The van der Waals surface area contributed by atoms with Gasteiger partial charge < -0.3 is 20.6 Å². The molecule has 2 amide bonds. The summed E-state index contributed by atoms with van der Waals surface area (Å²) in [4.78, 5) is 56.1. The minimum atomic E-state index is -0.978. The first-order valence-electron chi connectivity index (χ1n) is 14.7. The number of nitrogens with two attached hydrogens (primary N) is 1. The molecule has 48 heavy (non-hydrogen) atoms. The first kappa shape index (κ1) is 32.3. The average molecular weight is 680 g/mol. The van der Waals surface area contributed by atoms with Gasteiger partial charge >= 0.3 is 5.97 Å². The Kier molecular flexibility index (Phi) is 10.0. The van der Waals surface area contributed by atoms with Gasteiger partial charge in [0.25, 0.3) is 11.8 Å². The fraction of sp³-hybridized carbons (Fsp3) is 0.147. The van der Waals surface area contributed by atoms with Crippen LogP contribution in [-0.2, 0) is 24.0 Å². The number of carbonyl (C=O) groups excluding carboxylic acids is 3. The lowest BCUT2D eigenvalue weighted by Crippen LogP contribution is -2.71. The summed E-state index contributed by atoms with van der Waals surface area (Å²) in [7, 11) is 0. The molecule has 0 spiro atoms. The van der Waals surface area contributed by atoms with Gasteiger partial charge in [-0.25, -0.2) is 4.79 Å². The topological polar surface area (TPSA) is 162 Å².